The van der Waals surface area contributed by atoms with E-state index < -0.39 is 0 Å². The number of rotatable bonds is 3. The monoisotopic (exact) mass is 344 g/mol. The fraction of sp³-hybridized carbons (Fsp3) is 0.643. The first-order valence-corrected chi connectivity index (χ1v) is 7.64. The van der Waals surface area contributed by atoms with Crippen molar-refractivity contribution in [1.82, 2.24) is 9.80 Å². The summed E-state index contributed by atoms with van der Waals surface area (Å²) in [4.78, 5) is 16.6. The van der Waals surface area contributed by atoms with Gasteiger partial charge in [0.25, 0.3) is 5.91 Å². The fourth-order valence-corrected chi connectivity index (χ4v) is 3.10. The van der Waals surface area contributed by atoms with E-state index >= 15 is 0 Å². The van der Waals surface area contributed by atoms with E-state index in [9.17, 15) is 9.90 Å². The van der Waals surface area contributed by atoms with Crippen LogP contribution in [0.2, 0.25) is 0 Å². The second-order valence-corrected chi connectivity index (χ2v) is 6.14. The Hall–Kier alpha value is -0.850. The summed E-state index contributed by atoms with van der Waals surface area (Å²) in [7, 11) is 0. The third-order valence-electron chi connectivity index (χ3n) is 3.58. The predicted molar refractivity (Wildman–Crippen MR) is 79.9 cm³/mol. The molecule has 0 bridgehead atoms. The molecule has 2 rings (SSSR count). The maximum atomic E-state index is 12.6. The van der Waals surface area contributed by atoms with Crippen LogP contribution >= 0.6 is 15.9 Å². The van der Waals surface area contributed by atoms with Gasteiger partial charge in [-0.05, 0) is 36.7 Å². The SMILES string of the molecule is Cc1oc(C)c(C(=O)N2CCN(C[C@@H](C)O)CC2)c1Br. The van der Waals surface area contributed by atoms with Crippen molar-refractivity contribution in [3.8, 4) is 0 Å². The lowest BCUT2D eigenvalue weighted by Crippen LogP contribution is -2.50. The molecule has 20 heavy (non-hydrogen) atoms. The Labute approximate surface area is 127 Å². The second-order valence-electron chi connectivity index (χ2n) is 5.35. The quantitative estimate of drug-likeness (QED) is 0.908. The van der Waals surface area contributed by atoms with E-state index in [1.165, 1.54) is 0 Å². The van der Waals surface area contributed by atoms with Crippen LogP contribution in [0, 0.1) is 13.8 Å². The van der Waals surface area contributed by atoms with Gasteiger partial charge < -0.3 is 14.4 Å². The molecule has 112 valence electrons. The normalized spacial score (nSPS) is 18.4. The molecule has 0 radical (unpaired) electrons. The maximum Gasteiger partial charge on any atom is 0.258 e. The number of aliphatic hydroxyl groups excluding tert-OH is 1. The number of halogens is 1. The van der Waals surface area contributed by atoms with Gasteiger partial charge in [-0.2, -0.15) is 0 Å². The number of piperazine rings is 1. The lowest BCUT2D eigenvalue weighted by atomic mass is 10.2. The molecule has 0 aromatic carbocycles. The van der Waals surface area contributed by atoms with E-state index in [4.69, 9.17) is 4.42 Å². The summed E-state index contributed by atoms with van der Waals surface area (Å²) < 4.78 is 6.25. The molecule has 1 aliphatic rings. The molecular weight excluding hydrogens is 324 g/mol. The summed E-state index contributed by atoms with van der Waals surface area (Å²) in [6.07, 6.45) is -0.329. The molecule has 6 heteroatoms. The Morgan fingerprint density at radius 2 is 1.90 bits per heavy atom. The number of hydrogen-bond acceptors (Lipinski definition) is 4. The van der Waals surface area contributed by atoms with Crippen LogP contribution < -0.4 is 0 Å². The van der Waals surface area contributed by atoms with Crippen LogP contribution in [0.1, 0.15) is 28.8 Å². The number of carbonyl (C=O) groups is 1. The van der Waals surface area contributed by atoms with Gasteiger partial charge in [-0.1, -0.05) is 0 Å². The minimum atomic E-state index is -0.329. The highest BCUT2D eigenvalue weighted by Gasteiger charge is 2.27. The number of carbonyl (C=O) groups excluding carboxylic acids is 1. The summed E-state index contributed by atoms with van der Waals surface area (Å²) in [5.41, 5.74) is 0.631. The van der Waals surface area contributed by atoms with Gasteiger partial charge in [0.15, 0.2) is 0 Å². The van der Waals surface area contributed by atoms with Crippen LogP contribution in [0.25, 0.3) is 0 Å². The highest BCUT2D eigenvalue weighted by molar-refractivity contribution is 9.10. The van der Waals surface area contributed by atoms with Gasteiger partial charge in [0.05, 0.1) is 16.1 Å². The average molecular weight is 345 g/mol. The molecular formula is C14H21BrN2O3. The van der Waals surface area contributed by atoms with Crippen molar-refractivity contribution in [2.45, 2.75) is 26.9 Å². The zero-order valence-electron chi connectivity index (χ0n) is 12.1. The molecule has 5 nitrogen and oxygen atoms in total. The Bertz CT molecular complexity index is 491. The van der Waals surface area contributed by atoms with Gasteiger partial charge in [0.1, 0.15) is 11.5 Å². The van der Waals surface area contributed by atoms with Crippen LogP contribution in [0.5, 0.6) is 0 Å². The molecule has 1 aliphatic heterocycles. The molecule has 0 unspecified atom stereocenters. The van der Waals surface area contributed by atoms with Crippen molar-refractivity contribution >= 4 is 21.8 Å². The standard InChI is InChI=1S/C14H21BrN2O3/c1-9(18)8-16-4-6-17(7-5-16)14(19)12-10(2)20-11(3)13(12)15/h9,18H,4-8H2,1-3H3/t9-/m1/s1. The van der Waals surface area contributed by atoms with Crippen LogP contribution in [-0.4, -0.2) is 59.6 Å². The number of nitrogens with zero attached hydrogens (tertiary/aromatic N) is 2. The van der Waals surface area contributed by atoms with Crippen molar-refractivity contribution in [1.29, 1.82) is 0 Å². The maximum absolute atomic E-state index is 12.6. The number of aryl methyl sites for hydroxylation is 2. The molecule has 2 heterocycles. The summed E-state index contributed by atoms with van der Waals surface area (Å²) in [5, 5.41) is 9.39. The Morgan fingerprint density at radius 3 is 2.35 bits per heavy atom. The minimum absolute atomic E-state index is 0.0166. The highest BCUT2D eigenvalue weighted by atomic mass is 79.9. The van der Waals surface area contributed by atoms with Crippen molar-refractivity contribution in [2.24, 2.45) is 0 Å². The molecule has 0 spiro atoms. The number of hydrogen-bond donors (Lipinski definition) is 1. The van der Waals surface area contributed by atoms with Crippen LogP contribution in [0.4, 0.5) is 0 Å². The topological polar surface area (TPSA) is 56.9 Å². The zero-order valence-corrected chi connectivity index (χ0v) is 13.7. The third kappa shape index (κ3) is 3.24. The summed E-state index contributed by atoms with van der Waals surface area (Å²) in [6, 6.07) is 0. The number of furan rings is 1. The van der Waals surface area contributed by atoms with Gasteiger partial charge in [-0.15, -0.1) is 0 Å². The van der Waals surface area contributed by atoms with E-state index in [1.54, 1.807) is 6.92 Å². The van der Waals surface area contributed by atoms with Crippen molar-refractivity contribution in [3.63, 3.8) is 0 Å². The summed E-state index contributed by atoms with van der Waals surface area (Å²) in [6.45, 7) is 9.06. The largest absolute Gasteiger partial charge is 0.465 e. The van der Waals surface area contributed by atoms with Crippen LogP contribution in [0.15, 0.2) is 8.89 Å². The smallest absolute Gasteiger partial charge is 0.258 e. The Kier molecular flexibility index (Phi) is 4.88. The highest BCUT2D eigenvalue weighted by Crippen LogP contribution is 2.28. The minimum Gasteiger partial charge on any atom is -0.465 e. The van der Waals surface area contributed by atoms with Crippen molar-refractivity contribution in [2.75, 3.05) is 32.7 Å². The lowest BCUT2D eigenvalue weighted by Gasteiger charge is -2.35. The van der Waals surface area contributed by atoms with E-state index in [0.717, 1.165) is 23.3 Å². The molecule has 1 aromatic rings. The van der Waals surface area contributed by atoms with Gasteiger partial charge in [0, 0.05) is 32.7 Å². The zero-order chi connectivity index (χ0) is 14.9. The lowest BCUT2D eigenvalue weighted by molar-refractivity contribution is 0.0552. The second kappa shape index (κ2) is 6.28. The number of amides is 1. The number of β-amino-alcohol motifs (C(OH)–C–C–N with tert-alkyl or cyclic N) is 1. The fourth-order valence-electron chi connectivity index (χ4n) is 2.57. The molecule has 1 aromatic heterocycles. The molecule has 1 N–H and O–H groups in total. The van der Waals surface area contributed by atoms with Crippen LogP contribution in [-0.2, 0) is 0 Å². The summed E-state index contributed by atoms with van der Waals surface area (Å²) >= 11 is 3.43. The first-order chi connectivity index (χ1) is 9.40. The van der Waals surface area contributed by atoms with Crippen LogP contribution in [0.3, 0.4) is 0 Å². The molecule has 1 amide bonds. The van der Waals surface area contributed by atoms with E-state index in [0.29, 0.717) is 31.0 Å². The van der Waals surface area contributed by atoms with Gasteiger partial charge in [-0.3, -0.25) is 9.69 Å². The molecule has 0 aliphatic carbocycles. The van der Waals surface area contributed by atoms with Gasteiger partial charge in [0.2, 0.25) is 0 Å². The van der Waals surface area contributed by atoms with E-state index in [2.05, 4.69) is 20.8 Å². The predicted octanol–water partition coefficient (Wildman–Crippen LogP) is 1.80. The van der Waals surface area contributed by atoms with Crippen molar-refractivity contribution in [3.05, 3.63) is 21.6 Å². The Morgan fingerprint density at radius 1 is 1.30 bits per heavy atom. The van der Waals surface area contributed by atoms with Gasteiger partial charge >= 0.3 is 0 Å². The first kappa shape index (κ1) is 15.5. The molecule has 0 saturated carbocycles. The van der Waals surface area contributed by atoms with Crippen molar-refractivity contribution < 1.29 is 14.3 Å². The Balaban J connectivity index is 2.02. The molecule has 1 saturated heterocycles. The average Bonchev–Trinajstić information content (AvgIpc) is 2.63. The van der Waals surface area contributed by atoms with E-state index in [-0.39, 0.29) is 12.0 Å². The summed E-state index contributed by atoms with van der Waals surface area (Å²) in [5.74, 6) is 1.41. The molecule has 1 atom stereocenters. The third-order valence-corrected chi connectivity index (χ3v) is 4.54. The van der Waals surface area contributed by atoms with E-state index in [1.807, 2.05) is 18.7 Å². The number of aliphatic hydroxyl groups is 1. The molecule has 1 fully saturated rings. The first-order valence-electron chi connectivity index (χ1n) is 6.85. The van der Waals surface area contributed by atoms with Gasteiger partial charge in [-0.25, -0.2) is 0 Å².